The highest BCUT2D eigenvalue weighted by Gasteiger charge is 2.27. The Kier molecular flexibility index (Phi) is 5.46. The lowest BCUT2D eigenvalue weighted by molar-refractivity contribution is 0.0455. The number of rotatable bonds is 7. The van der Waals surface area contributed by atoms with Crippen molar-refractivity contribution in [2.45, 2.75) is 50.3 Å². The van der Waals surface area contributed by atoms with E-state index in [1.165, 1.54) is 44.4 Å². The minimum atomic E-state index is 0.809. The molecule has 16 heavy (non-hydrogen) atoms. The Morgan fingerprint density at radius 3 is 2.88 bits per heavy atom. The smallest absolute Gasteiger partial charge is 0.0607 e. The lowest BCUT2D eigenvalue weighted by Gasteiger charge is -2.26. The molecule has 0 radical (unpaired) electrons. The summed E-state index contributed by atoms with van der Waals surface area (Å²) in [5.41, 5.74) is 0. The highest BCUT2D eigenvalue weighted by Crippen LogP contribution is 2.31. The minimum Gasteiger partial charge on any atom is -0.379 e. The Morgan fingerprint density at radius 1 is 1.31 bits per heavy atom. The molecule has 1 N–H and O–H groups in total. The van der Waals surface area contributed by atoms with E-state index in [4.69, 9.17) is 4.74 Å². The van der Waals surface area contributed by atoms with Crippen molar-refractivity contribution in [3.63, 3.8) is 0 Å². The van der Waals surface area contributed by atoms with Crippen LogP contribution in [0.3, 0.4) is 0 Å². The van der Waals surface area contributed by atoms with Crippen LogP contribution in [0.15, 0.2) is 0 Å². The maximum Gasteiger partial charge on any atom is 0.0607 e. The first-order valence-corrected chi connectivity index (χ1v) is 7.87. The van der Waals surface area contributed by atoms with Gasteiger partial charge in [0.05, 0.1) is 18.5 Å². The second-order valence-electron chi connectivity index (χ2n) is 5.07. The standard InChI is InChI=1S/C13H25NOS/c1-2-7-14-13-5-3-4-11(13)6-8-16-12-9-15-10-12/h11-14H,2-10H2,1H3. The summed E-state index contributed by atoms with van der Waals surface area (Å²) in [6.07, 6.45) is 6.95. The van der Waals surface area contributed by atoms with E-state index in [0.29, 0.717) is 0 Å². The van der Waals surface area contributed by atoms with E-state index in [9.17, 15) is 0 Å². The Morgan fingerprint density at radius 2 is 2.19 bits per heavy atom. The van der Waals surface area contributed by atoms with Gasteiger partial charge in [-0.1, -0.05) is 13.3 Å². The molecule has 1 heterocycles. The van der Waals surface area contributed by atoms with Crippen molar-refractivity contribution in [3.05, 3.63) is 0 Å². The van der Waals surface area contributed by atoms with Gasteiger partial charge < -0.3 is 10.1 Å². The summed E-state index contributed by atoms with van der Waals surface area (Å²) in [5.74, 6) is 2.28. The van der Waals surface area contributed by atoms with Gasteiger partial charge in [-0.3, -0.25) is 0 Å². The summed E-state index contributed by atoms with van der Waals surface area (Å²) in [6, 6.07) is 0.818. The average Bonchev–Trinajstić information content (AvgIpc) is 2.66. The van der Waals surface area contributed by atoms with E-state index in [0.717, 1.165) is 30.4 Å². The molecule has 1 saturated carbocycles. The summed E-state index contributed by atoms with van der Waals surface area (Å²) >= 11 is 2.12. The summed E-state index contributed by atoms with van der Waals surface area (Å²) in [6.45, 7) is 5.44. The van der Waals surface area contributed by atoms with E-state index < -0.39 is 0 Å². The predicted octanol–water partition coefficient (Wildman–Crippen LogP) is 2.68. The van der Waals surface area contributed by atoms with E-state index in [1.807, 2.05) is 0 Å². The fourth-order valence-corrected chi connectivity index (χ4v) is 3.83. The van der Waals surface area contributed by atoms with Crippen molar-refractivity contribution < 1.29 is 4.74 Å². The molecule has 2 fully saturated rings. The Hall–Kier alpha value is 0.270. The maximum atomic E-state index is 5.20. The fraction of sp³-hybridized carbons (Fsp3) is 1.00. The third kappa shape index (κ3) is 3.64. The molecule has 1 aliphatic carbocycles. The van der Waals surface area contributed by atoms with Gasteiger partial charge in [0.1, 0.15) is 0 Å². The molecular formula is C13H25NOS. The number of nitrogens with one attached hydrogen (secondary N) is 1. The van der Waals surface area contributed by atoms with Gasteiger partial charge in [0.15, 0.2) is 0 Å². The van der Waals surface area contributed by atoms with Crippen molar-refractivity contribution >= 4 is 11.8 Å². The van der Waals surface area contributed by atoms with Gasteiger partial charge in [-0.25, -0.2) is 0 Å². The van der Waals surface area contributed by atoms with E-state index >= 15 is 0 Å². The highest BCUT2D eigenvalue weighted by molar-refractivity contribution is 8.00. The number of hydrogen-bond acceptors (Lipinski definition) is 3. The van der Waals surface area contributed by atoms with Crippen molar-refractivity contribution in [1.29, 1.82) is 0 Å². The number of thioether (sulfide) groups is 1. The third-order valence-electron chi connectivity index (χ3n) is 3.77. The van der Waals surface area contributed by atoms with Crippen molar-refractivity contribution in [2.75, 3.05) is 25.5 Å². The molecule has 0 aromatic carbocycles. The topological polar surface area (TPSA) is 21.3 Å². The van der Waals surface area contributed by atoms with E-state index in [-0.39, 0.29) is 0 Å². The number of ether oxygens (including phenoxy) is 1. The largest absolute Gasteiger partial charge is 0.379 e. The second kappa shape index (κ2) is 6.87. The lowest BCUT2D eigenvalue weighted by Crippen LogP contribution is -2.34. The van der Waals surface area contributed by atoms with Crippen LogP contribution < -0.4 is 5.32 Å². The molecule has 0 aromatic rings. The first-order valence-electron chi connectivity index (χ1n) is 6.83. The molecule has 2 unspecified atom stereocenters. The zero-order valence-corrected chi connectivity index (χ0v) is 11.2. The molecule has 2 aliphatic rings. The highest BCUT2D eigenvalue weighted by atomic mass is 32.2. The van der Waals surface area contributed by atoms with Crippen LogP contribution in [0.5, 0.6) is 0 Å². The molecule has 1 saturated heterocycles. The molecule has 2 atom stereocenters. The van der Waals surface area contributed by atoms with Crippen LogP contribution in [0, 0.1) is 5.92 Å². The Balaban J connectivity index is 1.58. The van der Waals surface area contributed by atoms with Crippen LogP contribution >= 0.6 is 11.8 Å². The fourth-order valence-electron chi connectivity index (χ4n) is 2.68. The van der Waals surface area contributed by atoms with Gasteiger partial charge >= 0.3 is 0 Å². The molecular weight excluding hydrogens is 218 g/mol. The van der Waals surface area contributed by atoms with Gasteiger partial charge in [0.25, 0.3) is 0 Å². The van der Waals surface area contributed by atoms with Crippen LogP contribution in [0.2, 0.25) is 0 Å². The van der Waals surface area contributed by atoms with Crippen LogP contribution in [0.4, 0.5) is 0 Å². The molecule has 0 spiro atoms. The molecule has 3 heteroatoms. The summed E-state index contributed by atoms with van der Waals surface area (Å²) in [4.78, 5) is 0. The zero-order chi connectivity index (χ0) is 11.2. The monoisotopic (exact) mass is 243 g/mol. The first-order chi connectivity index (χ1) is 7.90. The van der Waals surface area contributed by atoms with Gasteiger partial charge in [0, 0.05) is 6.04 Å². The third-order valence-corrected chi connectivity index (χ3v) is 4.98. The van der Waals surface area contributed by atoms with Crippen LogP contribution in [0.1, 0.15) is 39.0 Å². The molecule has 1 aliphatic heterocycles. The van der Waals surface area contributed by atoms with Crippen LogP contribution in [-0.2, 0) is 4.74 Å². The minimum absolute atomic E-state index is 0.809. The van der Waals surface area contributed by atoms with E-state index in [1.54, 1.807) is 0 Å². The average molecular weight is 243 g/mol. The van der Waals surface area contributed by atoms with Gasteiger partial charge in [-0.2, -0.15) is 11.8 Å². The van der Waals surface area contributed by atoms with Crippen molar-refractivity contribution in [2.24, 2.45) is 5.92 Å². The summed E-state index contributed by atoms with van der Waals surface area (Å²) < 4.78 is 5.20. The predicted molar refractivity (Wildman–Crippen MR) is 71.1 cm³/mol. The lowest BCUT2D eigenvalue weighted by atomic mass is 10.0. The first kappa shape index (κ1) is 12.7. The molecule has 0 amide bonds. The second-order valence-corrected chi connectivity index (χ2v) is 6.48. The maximum absolute atomic E-state index is 5.20. The van der Waals surface area contributed by atoms with Crippen LogP contribution in [0.25, 0.3) is 0 Å². The molecule has 0 aromatic heterocycles. The van der Waals surface area contributed by atoms with Crippen LogP contribution in [-0.4, -0.2) is 36.8 Å². The Bertz CT molecular complexity index is 196. The molecule has 2 rings (SSSR count). The Labute approximate surface area is 104 Å². The van der Waals surface area contributed by atoms with Gasteiger partial charge in [0.2, 0.25) is 0 Å². The normalized spacial score (nSPS) is 30.6. The molecule has 2 nitrogen and oxygen atoms in total. The van der Waals surface area contributed by atoms with Crippen molar-refractivity contribution in [1.82, 2.24) is 5.32 Å². The summed E-state index contributed by atoms with van der Waals surface area (Å²) in [5, 5.41) is 4.52. The van der Waals surface area contributed by atoms with E-state index in [2.05, 4.69) is 24.0 Å². The molecule has 0 bridgehead atoms. The van der Waals surface area contributed by atoms with Gasteiger partial charge in [-0.05, 0) is 43.9 Å². The number of hydrogen-bond donors (Lipinski definition) is 1. The van der Waals surface area contributed by atoms with Crippen molar-refractivity contribution in [3.8, 4) is 0 Å². The SMILES string of the molecule is CCCNC1CCCC1CCSC1COC1. The summed E-state index contributed by atoms with van der Waals surface area (Å²) in [7, 11) is 0. The zero-order valence-electron chi connectivity index (χ0n) is 10.4. The van der Waals surface area contributed by atoms with Gasteiger partial charge in [-0.15, -0.1) is 0 Å². The quantitative estimate of drug-likeness (QED) is 0.743. The molecule has 94 valence electrons.